The zero-order valence-electron chi connectivity index (χ0n) is 11.8. The van der Waals surface area contributed by atoms with Gasteiger partial charge in [0.2, 0.25) is 0 Å². The minimum atomic E-state index is -0.414. The highest BCUT2D eigenvalue weighted by atomic mass is 16.5. The standard InChI is InChI=1S/C16H16O4/c1-5-6-12-8-13-9(2)7-14(18)20-16(13)10(3)15(12)19-11(4)17/h5,7-8H,1,6H2,2-4H3. The first-order valence-corrected chi connectivity index (χ1v) is 6.30. The highest BCUT2D eigenvalue weighted by Gasteiger charge is 2.16. The van der Waals surface area contributed by atoms with E-state index in [1.807, 2.05) is 13.0 Å². The Labute approximate surface area is 116 Å². The summed E-state index contributed by atoms with van der Waals surface area (Å²) in [5.41, 5.74) is 2.37. The van der Waals surface area contributed by atoms with Gasteiger partial charge < -0.3 is 9.15 Å². The van der Waals surface area contributed by atoms with Crippen LogP contribution in [-0.4, -0.2) is 5.97 Å². The molecule has 0 spiro atoms. The predicted octanol–water partition coefficient (Wildman–Crippen LogP) is 3.06. The fourth-order valence-electron chi connectivity index (χ4n) is 2.25. The zero-order valence-corrected chi connectivity index (χ0v) is 11.8. The van der Waals surface area contributed by atoms with Gasteiger partial charge in [0, 0.05) is 23.9 Å². The molecule has 1 heterocycles. The molecule has 0 atom stereocenters. The molecule has 20 heavy (non-hydrogen) atoms. The van der Waals surface area contributed by atoms with E-state index in [1.165, 1.54) is 13.0 Å². The van der Waals surface area contributed by atoms with Gasteiger partial charge in [0.1, 0.15) is 11.3 Å². The number of hydrogen-bond donors (Lipinski definition) is 0. The highest BCUT2D eigenvalue weighted by molar-refractivity contribution is 5.87. The van der Waals surface area contributed by atoms with Crippen molar-refractivity contribution in [2.75, 3.05) is 0 Å². The van der Waals surface area contributed by atoms with Gasteiger partial charge in [-0.15, -0.1) is 6.58 Å². The molecule has 0 unspecified atom stereocenters. The number of fused-ring (bicyclic) bond motifs is 1. The first-order valence-electron chi connectivity index (χ1n) is 6.30. The van der Waals surface area contributed by atoms with E-state index in [4.69, 9.17) is 9.15 Å². The van der Waals surface area contributed by atoms with E-state index in [2.05, 4.69) is 6.58 Å². The van der Waals surface area contributed by atoms with E-state index >= 15 is 0 Å². The van der Waals surface area contributed by atoms with Gasteiger partial charge in [0.25, 0.3) is 0 Å². The van der Waals surface area contributed by atoms with Gasteiger partial charge in [-0.25, -0.2) is 4.79 Å². The normalized spacial score (nSPS) is 10.6. The van der Waals surface area contributed by atoms with Crippen LogP contribution in [0, 0.1) is 13.8 Å². The second kappa shape index (κ2) is 5.33. The lowest BCUT2D eigenvalue weighted by Gasteiger charge is -2.13. The number of allylic oxidation sites excluding steroid dienone is 1. The topological polar surface area (TPSA) is 56.5 Å². The van der Waals surface area contributed by atoms with Crippen LogP contribution in [0.4, 0.5) is 0 Å². The molecule has 104 valence electrons. The van der Waals surface area contributed by atoms with E-state index < -0.39 is 11.6 Å². The Morgan fingerprint density at radius 2 is 2.10 bits per heavy atom. The second-order valence-corrected chi connectivity index (χ2v) is 4.70. The quantitative estimate of drug-likeness (QED) is 0.373. The molecule has 0 amide bonds. The van der Waals surface area contributed by atoms with Crippen LogP contribution in [0.15, 0.2) is 34.0 Å². The van der Waals surface area contributed by atoms with Crippen molar-refractivity contribution in [2.24, 2.45) is 0 Å². The summed E-state index contributed by atoms with van der Waals surface area (Å²) in [6.45, 7) is 8.67. The average Bonchev–Trinajstić information content (AvgIpc) is 2.35. The van der Waals surface area contributed by atoms with Crippen molar-refractivity contribution in [3.05, 3.63) is 51.9 Å². The van der Waals surface area contributed by atoms with E-state index in [1.54, 1.807) is 13.0 Å². The Morgan fingerprint density at radius 1 is 1.40 bits per heavy atom. The summed E-state index contributed by atoms with van der Waals surface area (Å²) in [7, 11) is 0. The van der Waals surface area contributed by atoms with Gasteiger partial charge in [-0.2, -0.15) is 0 Å². The van der Waals surface area contributed by atoms with Gasteiger partial charge in [-0.3, -0.25) is 4.79 Å². The molecule has 1 aromatic heterocycles. The maximum absolute atomic E-state index is 11.5. The molecule has 0 aliphatic heterocycles. The third kappa shape index (κ3) is 2.50. The molecule has 1 aromatic carbocycles. The molecule has 0 bridgehead atoms. The third-order valence-electron chi connectivity index (χ3n) is 3.11. The van der Waals surface area contributed by atoms with E-state index in [-0.39, 0.29) is 0 Å². The molecule has 2 aromatic rings. The molecular formula is C16H16O4. The number of hydrogen-bond acceptors (Lipinski definition) is 4. The van der Waals surface area contributed by atoms with Crippen LogP contribution >= 0.6 is 0 Å². The monoisotopic (exact) mass is 272 g/mol. The number of carbonyl (C=O) groups is 1. The molecule has 4 nitrogen and oxygen atoms in total. The minimum Gasteiger partial charge on any atom is -0.426 e. The van der Waals surface area contributed by atoms with Crippen molar-refractivity contribution in [2.45, 2.75) is 27.2 Å². The lowest BCUT2D eigenvalue weighted by molar-refractivity contribution is -0.131. The molecule has 2 rings (SSSR count). The first kappa shape index (κ1) is 14.1. The molecule has 0 aliphatic carbocycles. The Hall–Kier alpha value is -2.36. The molecular weight excluding hydrogens is 256 g/mol. The van der Waals surface area contributed by atoms with Crippen molar-refractivity contribution in [3.63, 3.8) is 0 Å². The molecule has 0 N–H and O–H groups in total. The number of esters is 1. The lowest BCUT2D eigenvalue weighted by Crippen LogP contribution is -2.07. The molecule has 0 saturated heterocycles. The maximum atomic E-state index is 11.5. The number of aryl methyl sites for hydroxylation is 2. The Kier molecular flexibility index (Phi) is 3.74. The highest BCUT2D eigenvalue weighted by Crippen LogP contribution is 2.33. The molecule has 4 heteroatoms. The van der Waals surface area contributed by atoms with Gasteiger partial charge in [0.15, 0.2) is 0 Å². The minimum absolute atomic E-state index is 0.409. The lowest BCUT2D eigenvalue weighted by atomic mass is 10.0. The van der Waals surface area contributed by atoms with E-state index in [0.29, 0.717) is 23.3 Å². The van der Waals surface area contributed by atoms with Crippen LogP contribution in [0.25, 0.3) is 11.0 Å². The van der Waals surface area contributed by atoms with Gasteiger partial charge in [0.05, 0.1) is 0 Å². The fraction of sp³-hybridized carbons (Fsp3) is 0.250. The summed E-state index contributed by atoms with van der Waals surface area (Å²) in [5.74, 6) is 0.0337. The fourth-order valence-corrected chi connectivity index (χ4v) is 2.25. The predicted molar refractivity (Wildman–Crippen MR) is 77.2 cm³/mol. The third-order valence-corrected chi connectivity index (χ3v) is 3.11. The van der Waals surface area contributed by atoms with E-state index in [0.717, 1.165) is 16.5 Å². The van der Waals surface area contributed by atoms with E-state index in [9.17, 15) is 9.59 Å². The van der Waals surface area contributed by atoms with Gasteiger partial charge in [-0.1, -0.05) is 6.08 Å². The van der Waals surface area contributed by atoms with Crippen LogP contribution in [0.2, 0.25) is 0 Å². The molecule has 0 aliphatic rings. The SMILES string of the molecule is C=CCc1cc2c(C)cc(=O)oc2c(C)c1OC(C)=O. The zero-order chi connectivity index (χ0) is 14.9. The maximum Gasteiger partial charge on any atom is 0.336 e. The average molecular weight is 272 g/mol. The smallest absolute Gasteiger partial charge is 0.336 e. The summed E-state index contributed by atoms with van der Waals surface area (Å²) in [5, 5.41) is 0.842. The van der Waals surface area contributed by atoms with Gasteiger partial charge in [-0.05, 0) is 37.5 Å². The van der Waals surface area contributed by atoms with Crippen molar-refractivity contribution in [1.29, 1.82) is 0 Å². The van der Waals surface area contributed by atoms with Crippen molar-refractivity contribution in [3.8, 4) is 5.75 Å². The number of benzene rings is 1. The Bertz CT molecular complexity index is 753. The summed E-state index contributed by atoms with van der Waals surface area (Å²) in [4.78, 5) is 22.8. The van der Waals surface area contributed by atoms with Crippen molar-refractivity contribution in [1.82, 2.24) is 0 Å². The van der Waals surface area contributed by atoms with Crippen molar-refractivity contribution >= 4 is 16.9 Å². The van der Waals surface area contributed by atoms with Crippen LogP contribution in [0.5, 0.6) is 5.75 Å². The van der Waals surface area contributed by atoms with Crippen LogP contribution < -0.4 is 10.4 Å². The summed E-state index contributed by atoms with van der Waals surface area (Å²) in [6, 6.07) is 3.32. The van der Waals surface area contributed by atoms with Crippen LogP contribution in [0.1, 0.15) is 23.6 Å². The Balaban J connectivity index is 2.84. The number of carbonyl (C=O) groups excluding carboxylic acids is 1. The summed E-state index contributed by atoms with van der Waals surface area (Å²) < 4.78 is 10.5. The van der Waals surface area contributed by atoms with Crippen LogP contribution in [-0.2, 0) is 11.2 Å². The number of ether oxygens (including phenoxy) is 1. The molecule has 0 radical (unpaired) electrons. The van der Waals surface area contributed by atoms with Crippen molar-refractivity contribution < 1.29 is 13.9 Å². The summed E-state index contributed by atoms with van der Waals surface area (Å²) in [6.07, 6.45) is 2.31. The van der Waals surface area contributed by atoms with Gasteiger partial charge >= 0.3 is 11.6 Å². The Morgan fingerprint density at radius 3 is 2.70 bits per heavy atom. The largest absolute Gasteiger partial charge is 0.426 e. The number of rotatable bonds is 3. The summed E-state index contributed by atoms with van der Waals surface area (Å²) >= 11 is 0. The molecule has 0 saturated carbocycles. The first-order chi connectivity index (χ1) is 9.43. The second-order valence-electron chi connectivity index (χ2n) is 4.70. The van der Waals surface area contributed by atoms with Crippen LogP contribution in [0.3, 0.4) is 0 Å². The molecule has 0 fully saturated rings.